The molecular weight excluding hydrogens is 190 g/mol. The lowest BCUT2D eigenvalue weighted by atomic mass is 9.91. The Hall–Kier alpha value is -1.35. The molecule has 1 aromatic carbocycles. The van der Waals surface area contributed by atoms with Crippen LogP contribution in [0.4, 0.5) is 0 Å². The molecule has 1 amide bonds. The normalized spacial score (nSPS) is 18.8. The second-order valence-corrected chi connectivity index (χ2v) is 4.44. The van der Waals surface area contributed by atoms with Crippen LogP contribution in [-0.4, -0.2) is 16.5 Å². The molecular formula is C12H15NO2. The molecule has 1 aromatic rings. The van der Waals surface area contributed by atoms with Gasteiger partial charge in [-0.2, -0.15) is 0 Å². The Morgan fingerprint density at radius 3 is 2.53 bits per heavy atom. The van der Waals surface area contributed by atoms with Gasteiger partial charge < -0.3 is 0 Å². The van der Waals surface area contributed by atoms with E-state index in [-0.39, 0.29) is 11.4 Å². The van der Waals surface area contributed by atoms with Crippen LogP contribution in [0.2, 0.25) is 0 Å². The zero-order chi connectivity index (χ0) is 10.9. The number of hydroxylamine groups is 2. The summed E-state index contributed by atoms with van der Waals surface area (Å²) in [7, 11) is 0. The highest BCUT2D eigenvalue weighted by Crippen LogP contribution is 2.31. The highest BCUT2D eigenvalue weighted by atomic mass is 16.7. The molecule has 15 heavy (non-hydrogen) atoms. The number of hydrogen-bond donors (Lipinski definition) is 0. The Morgan fingerprint density at radius 2 is 2.00 bits per heavy atom. The fraction of sp³-hybridized carbons (Fsp3) is 0.417. The van der Waals surface area contributed by atoms with E-state index in [4.69, 9.17) is 4.84 Å². The first-order chi connectivity index (χ1) is 7.09. The predicted molar refractivity (Wildman–Crippen MR) is 56.8 cm³/mol. The van der Waals surface area contributed by atoms with Crippen molar-refractivity contribution in [1.29, 1.82) is 0 Å². The van der Waals surface area contributed by atoms with Gasteiger partial charge >= 0.3 is 0 Å². The van der Waals surface area contributed by atoms with Crippen molar-refractivity contribution in [2.24, 2.45) is 0 Å². The Balaban J connectivity index is 1.92. The number of carbonyl (C=O) groups excluding carboxylic acids is 1. The summed E-state index contributed by atoms with van der Waals surface area (Å²) in [6, 6.07) is 9.85. The Morgan fingerprint density at radius 1 is 1.33 bits per heavy atom. The van der Waals surface area contributed by atoms with Crippen LogP contribution in [0.15, 0.2) is 30.3 Å². The van der Waals surface area contributed by atoms with Gasteiger partial charge in [0.1, 0.15) is 6.61 Å². The van der Waals surface area contributed by atoms with Crippen molar-refractivity contribution in [3.63, 3.8) is 0 Å². The average molecular weight is 205 g/mol. The lowest BCUT2D eigenvalue weighted by molar-refractivity contribution is -0.254. The molecule has 0 saturated carbocycles. The van der Waals surface area contributed by atoms with Gasteiger partial charge in [0.15, 0.2) is 0 Å². The lowest BCUT2D eigenvalue weighted by Gasteiger charge is -2.45. The molecule has 0 aromatic heterocycles. The fourth-order valence-corrected chi connectivity index (χ4v) is 1.72. The number of benzene rings is 1. The van der Waals surface area contributed by atoms with E-state index in [1.807, 2.05) is 44.2 Å². The van der Waals surface area contributed by atoms with Crippen LogP contribution in [0, 0.1) is 0 Å². The molecule has 1 heterocycles. The summed E-state index contributed by atoms with van der Waals surface area (Å²) in [5.74, 6) is 0.0657. The van der Waals surface area contributed by atoms with E-state index in [1.165, 1.54) is 5.06 Å². The molecule has 1 aliphatic heterocycles. The van der Waals surface area contributed by atoms with Gasteiger partial charge in [-0.1, -0.05) is 30.3 Å². The third-order valence-corrected chi connectivity index (χ3v) is 2.56. The molecule has 0 bridgehead atoms. The van der Waals surface area contributed by atoms with Crippen LogP contribution in [-0.2, 0) is 16.2 Å². The highest BCUT2D eigenvalue weighted by Gasteiger charge is 2.44. The maximum absolute atomic E-state index is 11.3. The van der Waals surface area contributed by atoms with Crippen molar-refractivity contribution in [3.8, 4) is 0 Å². The van der Waals surface area contributed by atoms with E-state index in [1.54, 1.807) is 0 Å². The van der Waals surface area contributed by atoms with Crippen LogP contribution in [0.3, 0.4) is 0 Å². The zero-order valence-corrected chi connectivity index (χ0v) is 9.06. The smallest absolute Gasteiger partial charge is 0.249 e. The van der Waals surface area contributed by atoms with Gasteiger partial charge in [0, 0.05) is 0 Å². The summed E-state index contributed by atoms with van der Waals surface area (Å²) in [5, 5.41) is 1.47. The molecule has 1 saturated heterocycles. The lowest BCUT2D eigenvalue weighted by Crippen LogP contribution is -2.59. The van der Waals surface area contributed by atoms with Crippen LogP contribution in [0.5, 0.6) is 0 Å². The number of rotatable bonds is 3. The van der Waals surface area contributed by atoms with Gasteiger partial charge in [0.25, 0.3) is 0 Å². The molecule has 80 valence electrons. The topological polar surface area (TPSA) is 29.5 Å². The summed E-state index contributed by atoms with van der Waals surface area (Å²) < 4.78 is 0. The third-order valence-electron chi connectivity index (χ3n) is 2.56. The monoisotopic (exact) mass is 205 g/mol. The molecule has 2 rings (SSSR count). The summed E-state index contributed by atoms with van der Waals surface area (Å²) in [5.41, 5.74) is 0.930. The van der Waals surface area contributed by atoms with Gasteiger partial charge in [0.2, 0.25) is 5.91 Å². The van der Waals surface area contributed by atoms with Gasteiger partial charge in [-0.3, -0.25) is 9.63 Å². The van der Waals surface area contributed by atoms with Crippen LogP contribution in [0.1, 0.15) is 25.8 Å². The van der Waals surface area contributed by atoms with E-state index in [0.717, 1.165) is 5.56 Å². The molecule has 1 aliphatic rings. The third kappa shape index (κ3) is 2.02. The van der Waals surface area contributed by atoms with E-state index >= 15 is 0 Å². The van der Waals surface area contributed by atoms with E-state index < -0.39 is 0 Å². The van der Waals surface area contributed by atoms with E-state index in [2.05, 4.69) is 0 Å². The predicted octanol–water partition coefficient (Wildman–Crippen LogP) is 2.13. The standard InChI is InChI=1S/C12H15NO2/c1-12(2)8-11(14)13(12)15-9-10-6-4-3-5-7-10/h3-7H,8-9H2,1-2H3. The second-order valence-electron chi connectivity index (χ2n) is 4.44. The van der Waals surface area contributed by atoms with Crippen LogP contribution >= 0.6 is 0 Å². The first-order valence-electron chi connectivity index (χ1n) is 5.09. The summed E-state index contributed by atoms with van der Waals surface area (Å²) in [6.07, 6.45) is 0.571. The molecule has 3 nitrogen and oxygen atoms in total. The summed E-state index contributed by atoms with van der Waals surface area (Å²) >= 11 is 0. The molecule has 0 unspecified atom stereocenters. The van der Waals surface area contributed by atoms with Crippen molar-refractivity contribution in [2.45, 2.75) is 32.4 Å². The largest absolute Gasteiger partial charge is 0.272 e. The van der Waals surface area contributed by atoms with Crippen molar-refractivity contribution in [1.82, 2.24) is 5.06 Å². The minimum absolute atomic E-state index is 0.0657. The Labute approximate surface area is 89.6 Å². The maximum atomic E-state index is 11.3. The Bertz CT molecular complexity index is 359. The van der Waals surface area contributed by atoms with Gasteiger partial charge in [0.05, 0.1) is 12.0 Å². The molecule has 0 N–H and O–H groups in total. The number of amides is 1. The maximum Gasteiger partial charge on any atom is 0.249 e. The van der Waals surface area contributed by atoms with Gasteiger partial charge in [-0.15, -0.1) is 0 Å². The number of hydrogen-bond acceptors (Lipinski definition) is 2. The minimum Gasteiger partial charge on any atom is -0.272 e. The molecule has 0 radical (unpaired) electrons. The van der Waals surface area contributed by atoms with Crippen molar-refractivity contribution in [3.05, 3.63) is 35.9 Å². The Kier molecular flexibility index (Phi) is 2.49. The number of nitrogens with zero attached hydrogens (tertiary/aromatic N) is 1. The molecule has 0 aliphatic carbocycles. The summed E-state index contributed by atoms with van der Waals surface area (Å²) in [4.78, 5) is 16.7. The van der Waals surface area contributed by atoms with Crippen LogP contribution in [0.25, 0.3) is 0 Å². The van der Waals surface area contributed by atoms with Crippen LogP contribution < -0.4 is 0 Å². The molecule has 0 spiro atoms. The highest BCUT2D eigenvalue weighted by molar-refractivity contribution is 5.83. The summed E-state index contributed by atoms with van der Waals surface area (Å²) in [6.45, 7) is 4.45. The first kappa shape index (κ1) is 10.2. The number of carbonyl (C=O) groups is 1. The van der Waals surface area contributed by atoms with E-state index in [0.29, 0.717) is 13.0 Å². The SMILES string of the molecule is CC1(C)CC(=O)N1OCc1ccccc1. The zero-order valence-electron chi connectivity index (χ0n) is 9.06. The molecule has 1 fully saturated rings. The second kappa shape index (κ2) is 3.66. The quantitative estimate of drug-likeness (QED) is 0.707. The van der Waals surface area contributed by atoms with Crippen molar-refractivity contribution in [2.75, 3.05) is 0 Å². The van der Waals surface area contributed by atoms with Crippen molar-refractivity contribution >= 4 is 5.91 Å². The fourth-order valence-electron chi connectivity index (χ4n) is 1.72. The molecule has 3 heteroatoms. The molecule has 0 atom stereocenters. The number of β-lactam (4-membered cyclic amide) rings is 1. The van der Waals surface area contributed by atoms with Gasteiger partial charge in [-0.25, -0.2) is 5.06 Å². The average Bonchev–Trinajstić information content (AvgIpc) is 2.18. The van der Waals surface area contributed by atoms with E-state index in [9.17, 15) is 4.79 Å². The van der Waals surface area contributed by atoms with Crippen molar-refractivity contribution < 1.29 is 9.63 Å². The first-order valence-corrected chi connectivity index (χ1v) is 5.09. The van der Waals surface area contributed by atoms with Gasteiger partial charge in [-0.05, 0) is 19.4 Å². The minimum atomic E-state index is -0.147.